The van der Waals surface area contributed by atoms with Gasteiger partial charge in [-0.25, -0.2) is 9.59 Å². The van der Waals surface area contributed by atoms with Crippen molar-refractivity contribution in [2.45, 2.75) is 121 Å². The van der Waals surface area contributed by atoms with Crippen molar-refractivity contribution in [3.63, 3.8) is 0 Å². The number of methoxy groups -OCH3 is 1. The Morgan fingerprint density at radius 2 is 1.27 bits per heavy atom. The molecule has 1 saturated heterocycles. The fourth-order valence-electron chi connectivity index (χ4n) is 5.99. The van der Waals surface area contributed by atoms with E-state index >= 15 is 0 Å². The van der Waals surface area contributed by atoms with Crippen LogP contribution in [0.15, 0.2) is 46.4 Å². The predicted octanol–water partition coefficient (Wildman–Crippen LogP) is 8.08. The van der Waals surface area contributed by atoms with E-state index in [-0.39, 0.29) is 0 Å². The van der Waals surface area contributed by atoms with Crippen molar-refractivity contribution in [3.8, 4) is 11.5 Å². The standard InChI is InChI=1S/C37H55N3O8S/c1-3-4-5-6-7-8-9-10-11-12-13-14-15-19-24-48-33-21-20-29(28-34(33)47-2)35(40-22-17-16-18-23-40)38-39-49(45,46)32-26-30(36(41)42)25-31(27-32)37(43)44/h20-21,25-28,39H,3-19,22-24H2,1-2H3,(H,41,42)(H,43,44). The highest BCUT2D eigenvalue weighted by Crippen LogP contribution is 2.30. The molecular weight excluding hydrogens is 646 g/mol. The lowest BCUT2D eigenvalue weighted by Crippen LogP contribution is -2.38. The quantitative estimate of drug-likeness (QED) is 0.0451. The fourth-order valence-corrected chi connectivity index (χ4v) is 6.86. The molecule has 3 rings (SSSR count). The van der Waals surface area contributed by atoms with E-state index in [0.29, 0.717) is 42.6 Å². The maximum absolute atomic E-state index is 13.2. The van der Waals surface area contributed by atoms with Gasteiger partial charge in [0.1, 0.15) is 0 Å². The van der Waals surface area contributed by atoms with Gasteiger partial charge in [-0.1, -0.05) is 90.4 Å². The average Bonchev–Trinajstić information content (AvgIpc) is 3.10. The molecule has 0 atom stereocenters. The number of hydrogen-bond acceptors (Lipinski definition) is 7. The van der Waals surface area contributed by atoms with E-state index in [1.165, 1.54) is 77.0 Å². The summed E-state index contributed by atoms with van der Waals surface area (Å²) in [5.74, 6) is -1.44. The second-order valence-corrected chi connectivity index (χ2v) is 14.4. The third-order valence-electron chi connectivity index (χ3n) is 8.82. The van der Waals surface area contributed by atoms with E-state index in [4.69, 9.17) is 9.47 Å². The number of amidine groups is 1. The molecule has 3 N–H and O–H groups in total. The molecule has 0 bridgehead atoms. The van der Waals surface area contributed by atoms with Gasteiger partial charge < -0.3 is 24.6 Å². The van der Waals surface area contributed by atoms with Gasteiger partial charge in [-0.3, -0.25) is 0 Å². The lowest BCUT2D eigenvalue weighted by atomic mass is 10.0. The highest BCUT2D eigenvalue weighted by molar-refractivity contribution is 7.89. The fraction of sp³-hybridized carbons (Fsp3) is 0.595. The van der Waals surface area contributed by atoms with Crippen LogP contribution in [0.5, 0.6) is 11.5 Å². The highest BCUT2D eigenvalue weighted by atomic mass is 32.2. The minimum atomic E-state index is -4.42. The molecule has 11 nitrogen and oxygen atoms in total. The van der Waals surface area contributed by atoms with Crippen LogP contribution in [0, 0.1) is 0 Å². The lowest BCUT2D eigenvalue weighted by molar-refractivity contribution is 0.0696. The van der Waals surface area contributed by atoms with Gasteiger partial charge >= 0.3 is 11.9 Å². The first kappa shape index (κ1) is 39.6. The van der Waals surface area contributed by atoms with E-state index in [0.717, 1.165) is 50.3 Å². The molecule has 0 spiro atoms. The van der Waals surface area contributed by atoms with Gasteiger partial charge in [0.2, 0.25) is 0 Å². The Labute approximate surface area is 292 Å². The van der Waals surface area contributed by atoms with Crippen molar-refractivity contribution >= 4 is 27.8 Å². The molecule has 1 fully saturated rings. The minimum absolute atomic E-state index is 0.368. The maximum Gasteiger partial charge on any atom is 0.335 e. The Bertz CT molecular complexity index is 1440. The molecule has 49 heavy (non-hydrogen) atoms. The van der Waals surface area contributed by atoms with Crippen molar-refractivity contribution in [1.29, 1.82) is 0 Å². The van der Waals surface area contributed by atoms with Crippen LogP contribution in [0.1, 0.15) is 142 Å². The monoisotopic (exact) mass is 701 g/mol. The number of aromatic carboxylic acids is 2. The van der Waals surface area contributed by atoms with Crippen molar-refractivity contribution in [2.24, 2.45) is 5.10 Å². The molecule has 12 heteroatoms. The molecular formula is C37H55N3O8S. The summed E-state index contributed by atoms with van der Waals surface area (Å²) in [5, 5.41) is 23.1. The summed E-state index contributed by atoms with van der Waals surface area (Å²) in [6.07, 6.45) is 20.9. The summed E-state index contributed by atoms with van der Waals surface area (Å²) >= 11 is 0. The van der Waals surface area contributed by atoms with Crippen molar-refractivity contribution in [2.75, 3.05) is 26.8 Å². The Balaban J connectivity index is 1.57. The Hall–Kier alpha value is -3.80. The second-order valence-electron chi connectivity index (χ2n) is 12.7. The summed E-state index contributed by atoms with van der Waals surface area (Å²) in [6.45, 7) is 4.15. The number of benzene rings is 2. The number of hydrazone groups is 1. The van der Waals surface area contributed by atoms with Crippen molar-refractivity contribution in [1.82, 2.24) is 9.73 Å². The van der Waals surface area contributed by atoms with E-state index in [1.54, 1.807) is 25.3 Å². The Morgan fingerprint density at radius 3 is 1.78 bits per heavy atom. The molecule has 2 aromatic carbocycles. The first-order chi connectivity index (χ1) is 23.7. The molecule has 0 unspecified atom stereocenters. The van der Waals surface area contributed by atoms with Crippen LogP contribution in [-0.2, 0) is 10.0 Å². The van der Waals surface area contributed by atoms with Crippen LogP contribution >= 0.6 is 0 Å². The summed E-state index contributed by atoms with van der Waals surface area (Å²) in [4.78, 5) is 26.7. The first-order valence-electron chi connectivity index (χ1n) is 17.9. The van der Waals surface area contributed by atoms with Gasteiger partial charge in [-0.15, -0.1) is 5.10 Å². The molecule has 0 radical (unpaired) electrons. The number of carboxylic acid groups (broad SMARTS) is 2. The van der Waals surface area contributed by atoms with Crippen LogP contribution in [0.25, 0.3) is 0 Å². The van der Waals surface area contributed by atoms with E-state index < -0.39 is 38.0 Å². The molecule has 0 aliphatic carbocycles. The second kappa shape index (κ2) is 21.3. The predicted molar refractivity (Wildman–Crippen MR) is 191 cm³/mol. The average molecular weight is 702 g/mol. The molecule has 0 amide bonds. The number of nitrogens with zero attached hydrogens (tertiary/aromatic N) is 2. The largest absolute Gasteiger partial charge is 0.493 e. The van der Waals surface area contributed by atoms with E-state index in [9.17, 15) is 28.2 Å². The number of ether oxygens (including phenoxy) is 2. The number of likely N-dealkylation sites (tertiary alicyclic amines) is 1. The highest BCUT2D eigenvalue weighted by Gasteiger charge is 2.23. The number of nitrogens with one attached hydrogen (secondary N) is 1. The number of piperidine rings is 1. The summed E-state index contributed by atoms with van der Waals surface area (Å²) < 4.78 is 38.2. The van der Waals surface area contributed by atoms with Crippen molar-refractivity contribution < 1.29 is 37.7 Å². The maximum atomic E-state index is 13.2. The summed E-state index contributed by atoms with van der Waals surface area (Å²) in [7, 11) is -2.87. The third-order valence-corrected chi connectivity index (χ3v) is 10.0. The van der Waals surface area contributed by atoms with Crippen LogP contribution in [0.4, 0.5) is 0 Å². The zero-order chi connectivity index (χ0) is 35.5. The van der Waals surface area contributed by atoms with Crippen LogP contribution in [-0.4, -0.2) is 68.1 Å². The molecule has 272 valence electrons. The van der Waals surface area contributed by atoms with Crippen LogP contribution in [0.2, 0.25) is 0 Å². The van der Waals surface area contributed by atoms with Gasteiger partial charge in [-0.05, 0) is 62.1 Å². The molecule has 1 heterocycles. The number of carboxylic acids is 2. The smallest absolute Gasteiger partial charge is 0.335 e. The van der Waals surface area contributed by atoms with Crippen molar-refractivity contribution in [3.05, 3.63) is 53.1 Å². The van der Waals surface area contributed by atoms with Crippen LogP contribution < -0.4 is 14.3 Å². The number of sulfonamides is 1. The molecule has 0 saturated carbocycles. The molecule has 2 aromatic rings. The van der Waals surface area contributed by atoms with E-state index in [2.05, 4.69) is 16.9 Å². The summed E-state index contributed by atoms with van der Waals surface area (Å²) in [6, 6.07) is 8.07. The molecule has 1 aliphatic heterocycles. The zero-order valence-corrected chi connectivity index (χ0v) is 30.1. The number of rotatable bonds is 23. The van der Waals surface area contributed by atoms with Gasteiger partial charge in [0.05, 0.1) is 29.7 Å². The molecule has 0 aromatic heterocycles. The van der Waals surface area contributed by atoms with E-state index in [1.807, 2.05) is 4.90 Å². The molecule has 1 aliphatic rings. The van der Waals surface area contributed by atoms with Crippen LogP contribution in [0.3, 0.4) is 0 Å². The SMILES string of the molecule is CCCCCCCCCCCCCCCCOc1ccc(C(=NNS(=O)(=O)c2cc(C(=O)O)cc(C(=O)O)c2)N2CCCCC2)cc1OC. The first-order valence-corrected chi connectivity index (χ1v) is 19.4. The minimum Gasteiger partial charge on any atom is -0.493 e. The topological polar surface area (TPSA) is 155 Å². The Morgan fingerprint density at radius 1 is 0.735 bits per heavy atom. The lowest BCUT2D eigenvalue weighted by Gasteiger charge is -2.30. The van der Waals surface area contributed by atoms with Gasteiger partial charge in [0.25, 0.3) is 10.0 Å². The summed E-state index contributed by atoms with van der Waals surface area (Å²) in [5.41, 5.74) is -0.319. The normalized spacial score (nSPS) is 13.7. The van der Waals surface area contributed by atoms with Gasteiger partial charge in [0, 0.05) is 18.7 Å². The Kier molecular flexibility index (Phi) is 17.2. The number of carbonyl (C=O) groups is 2. The van der Waals surface area contributed by atoms with Gasteiger partial charge in [-0.2, -0.15) is 13.2 Å². The number of hydrogen-bond donors (Lipinski definition) is 3. The number of unbranched alkanes of at least 4 members (excludes halogenated alkanes) is 13. The zero-order valence-electron chi connectivity index (χ0n) is 29.3. The van der Waals surface area contributed by atoms with Gasteiger partial charge in [0.15, 0.2) is 17.3 Å². The third kappa shape index (κ3) is 13.6.